The number of pyridine rings is 1. The predicted molar refractivity (Wildman–Crippen MR) is 78.9 cm³/mol. The van der Waals surface area contributed by atoms with Crippen molar-refractivity contribution in [2.75, 3.05) is 6.54 Å². The Hall–Kier alpha value is -0.890. The minimum atomic E-state index is 0.585. The lowest BCUT2D eigenvalue weighted by Crippen LogP contribution is -2.31. The molecule has 18 heavy (non-hydrogen) atoms. The fraction of sp³-hybridized carbons (Fsp3) is 0.688. The third kappa shape index (κ3) is 6.15. The van der Waals surface area contributed by atoms with E-state index in [1.165, 1.54) is 43.4 Å². The number of nitrogens with one attached hydrogen (secondary N) is 1. The smallest absolute Gasteiger partial charge is 0.0419 e. The summed E-state index contributed by atoms with van der Waals surface area (Å²) in [6.07, 6.45) is 9.66. The molecule has 1 aromatic heterocycles. The molecular weight excluding hydrogens is 220 g/mol. The van der Waals surface area contributed by atoms with Crippen molar-refractivity contribution in [2.45, 2.75) is 65.3 Å². The molecule has 0 bridgehead atoms. The van der Waals surface area contributed by atoms with Crippen molar-refractivity contribution < 1.29 is 0 Å². The van der Waals surface area contributed by atoms with Crippen LogP contribution in [0.5, 0.6) is 0 Å². The molecule has 0 aliphatic rings. The molecule has 0 aliphatic heterocycles. The van der Waals surface area contributed by atoms with Gasteiger partial charge in [-0.2, -0.15) is 0 Å². The number of likely N-dealkylation sites (N-methyl/N-ethyl adjacent to an activating group) is 1. The maximum atomic E-state index is 4.50. The Morgan fingerprint density at radius 1 is 1.17 bits per heavy atom. The van der Waals surface area contributed by atoms with E-state index in [0.29, 0.717) is 6.04 Å². The van der Waals surface area contributed by atoms with E-state index in [9.17, 15) is 0 Å². The molecule has 1 N–H and O–H groups in total. The molecule has 1 rings (SSSR count). The van der Waals surface area contributed by atoms with Crippen molar-refractivity contribution in [1.29, 1.82) is 0 Å². The lowest BCUT2D eigenvalue weighted by Gasteiger charge is -2.17. The van der Waals surface area contributed by atoms with E-state index in [-0.39, 0.29) is 0 Å². The Kier molecular flexibility index (Phi) is 7.66. The fourth-order valence-electron chi connectivity index (χ4n) is 2.25. The highest BCUT2D eigenvalue weighted by Gasteiger charge is 2.08. The molecular formula is C16H28N2. The summed E-state index contributed by atoms with van der Waals surface area (Å²) in [5, 5.41) is 3.58. The van der Waals surface area contributed by atoms with Crippen LogP contribution in [0.15, 0.2) is 18.3 Å². The average molecular weight is 248 g/mol. The molecule has 1 heterocycles. The monoisotopic (exact) mass is 248 g/mol. The summed E-state index contributed by atoms with van der Waals surface area (Å²) in [5.41, 5.74) is 2.45. The van der Waals surface area contributed by atoms with Crippen molar-refractivity contribution in [1.82, 2.24) is 10.3 Å². The first-order valence-electron chi connectivity index (χ1n) is 7.41. The second-order valence-electron chi connectivity index (χ2n) is 5.13. The van der Waals surface area contributed by atoms with Crippen LogP contribution in [0.3, 0.4) is 0 Å². The second kappa shape index (κ2) is 9.09. The highest BCUT2D eigenvalue weighted by molar-refractivity contribution is 5.13. The molecule has 102 valence electrons. The first-order valence-corrected chi connectivity index (χ1v) is 7.41. The quantitative estimate of drug-likeness (QED) is 0.671. The maximum Gasteiger partial charge on any atom is 0.0419 e. The van der Waals surface area contributed by atoms with Gasteiger partial charge in [0.1, 0.15) is 0 Å². The van der Waals surface area contributed by atoms with Gasteiger partial charge < -0.3 is 5.32 Å². The summed E-state index contributed by atoms with van der Waals surface area (Å²) in [4.78, 5) is 4.50. The van der Waals surface area contributed by atoms with Gasteiger partial charge in [-0.3, -0.25) is 4.98 Å². The summed E-state index contributed by atoms with van der Waals surface area (Å²) in [6, 6.07) is 4.90. The number of aromatic nitrogens is 1. The molecule has 1 aromatic rings. The van der Waals surface area contributed by atoms with Crippen LogP contribution < -0.4 is 5.32 Å². The minimum Gasteiger partial charge on any atom is -0.314 e. The van der Waals surface area contributed by atoms with Crippen LogP contribution in [0, 0.1) is 6.92 Å². The highest BCUT2D eigenvalue weighted by atomic mass is 14.9. The number of rotatable bonds is 9. The van der Waals surface area contributed by atoms with Crippen LogP contribution in [-0.2, 0) is 6.42 Å². The zero-order valence-corrected chi connectivity index (χ0v) is 12.2. The van der Waals surface area contributed by atoms with Crippen LogP contribution in [0.2, 0.25) is 0 Å². The summed E-state index contributed by atoms with van der Waals surface area (Å²) in [5.74, 6) is 0. The Labute approximate surface area is 112 Å². The standard InChI is InChI=1S/C16H28N2/c1-4-6-7-8-9-15(17-5-2)12-16-11-10-14(3)13-18-16/h10-11,13,15,17H,4-9,12H2,1-3H3. The lowest BCUT2D eigenvalue weighted by molar-refractivity contribution is 0.460. The molecule has 2 heteroatoms. The third-order valence-corrected chi connectivity index (χ3v) is 3.33. The summed E-state index contributed by atoms with van der Waals surface area (Å²) in [7, 11) is 0. The van der Waals surface area contributed by atoms with Gasteiger partial charge in [0.2, 0.25) is 0 Å². The van der Waals surface area contributed by atoms with Crippen molar-refractivity contribution >= 4 is 0 Å². The molecule has 0 radical (unpaired) electrons. The molecule has 0 amide bonds. The molecule has 1 unspecified atom stereocenters. The van der Waals surface area contributed by atoms with Gasteiger partial charge in [-0.05, 0) is 31.5 Å². The van der Waals surface area contributed by atoms with E-state index in [0.717, 1.165) is 13.0 Å². The first-order chi connectivity index (χ1) is 8.76. The Morgan fingerprint density at radius 2 is 2.00 bits per heavy atom. The number of hydrogen-bond acceptors (Lipinski definition) is 2. The van der Waals surface area contributed by atoms with E-state index < -0.39 is 0 Å². The third-order valence-electron chi connectivity index (χ3n) is 3.33. The van der Waals surface area contributed by atoms with Crippen LogP contribution in [-0.4, -0.2) is 17.6 Å². The first kappa shape index (κ1) is 15.2. The molecule has 1 atom stereocenters. The molecule has 0 aliphatic carbocycles. The van der Waals surface area contributed by atoms with E-state index in [4.69, 9.17) is 0 Å². The van der Waals surface area contributed by atoms with E-state index in [2.05, 4.69) is 43.2 Å². The molecule has 0 aromatic carbocycles. The van der Waals surface area contributed by atoms with Gasteiger partial charge in [-0.1, -0.05) is 45.6 Å². The summed E-state index contributed by atoms with van der Waals surface area (Å²) >= 11 is 0. The van der Waals surface area contributed by atoms with Crippen LogP contribution in [0.1, 0.15) is 57.2 Å². The largest absolute Gasteiger partial charge is 0.314 e. The molecule has 0 fully saturated rings. The number of aryl methyl sites for hydroxylation is 1. The van der Waals surface area contributed by atoms with E-state index in [1.807, 2.05) is 6.20 Å². The van der Waals surface area contributed by atoms with Gasteiger partial charge in [0.25, 0.3) is 0 Å². The van der Waals surface area contributed by atoms with Gasteiger partial charge >= 0.3 is 0 Å². The van der Waals surface area contributed by atoms with Crippen molar-refractivity contribution in [3.8, 4) is 0 Å². The van der Waals surface area contributed by atoms with Crippen LogP contribution >= 0.6 is 0 Å². The Balaban J connectivity index is 2.38. The van der Waals surface area contributed by atoms with Gasteiger partial charge in [0, 0.05) is 24.4 Å². The zero-order valence-electron chi connectivity index (χ0n) is 12.2. The lowest BCUT2D eigenvalue weighted by atomic mass is 10.0. The number of hydrogen-bond donors (Lipinski definition) is 1. The van der Waals surface area contributed by atoms with E-state index >= 15 is 0 Å². The Morgan fingerprint density at radius 3 is 2.61 bits per heavy atom. The molecule has 0 saturated heterocycles. The van der Waals surface area contributed by atoms with Crippen molar-refractivity contribution in [3.05, 3.63) is 29.6 Å². The van der Waals surface area contributed by atoms with Gasteiger partial charge in [0.15, 0.2) is 0 Å². The summed E-state index contributed by atoms with van der Waals surface area (Å²) < 4.78 is 0. The normalized spacial score (nSPS) is 12.6. The van der Waals surface area contributed by atoms with Crippen LogP contribution in [0.4, 0.5) is 0 Å². The van der Waals surface area contributed by atoms with Gasteiger partial charge in [0.05, 0.1) is 0 Å². The topological polar surface area (TPSA) is 24.9 Å². The van der Waals surface area contributed by atoms with Gasteiger partial charge in [-0.25, -0.2) is 0 Å². The zero-order chi connectivity index (χ0) is 13.2. The SMILES string of the molecule is CCCCCCC(Cc1ccc(C)cn1)NCC. The van der Waals surface area contributed by atoms with Gasteiger partial charge in [-0.15, -0.1) is 0 Å². The van der Waals surface area contributed by atoms with Crippen LogP contribution in [0.25, 0.3) is 0 Å². The predicted octanol–water partition coefficient (Wildman–Crippen LogP) is 3.88. The fourth-order valence-corrected chi connectivity index (χ4v) is 2.25. The van der Waals surface area contributed by atoms with E-state index in [1.54, 1.807) is 0 Å². The second-order valence-corrected chi connectivity index (χ2v) is 5.13. The Bertz CT molecular complexity index is 305. The highest BCUT2D eigenvalue weighted by Crippen LogP contribution is 2.10. The number of nitrogens with zero attached hydrogens (tertiary/aromatic N) is 1. The molecule has 0 saturated carbocycles. The molecule has 0 spiro atoms. The van der Waals surface area contributed by atoms with Crippen molar-refractivity contribution in [3.63, 3.8) is 0 Å². The number of unbranched alkanes of at least 4 members (excludes halogenated alkanes) is 3. The average Bonchev–Trinajstić information content (AvgIpc) is 2.37. The maximum absolute atomic E-state index is 4.50. The summed E-state index contributed by atoms with van der Waals surface area (Å²) in [6.45, 7) is 7.58. The minimum absolute atomic E-state index is 0.585. The molecule has 2 nitrogen and oxygen atoms in total. The van der Waals surface area contributed by atoms with Crippen molar-refractivity contribution in [2.24, 2.45) is 0 Å².